The highest BCUT2D eigenvalue weighted by Gasteiger charge is 2.31. The summed E-state index contributed by atoms with van der Waals surface area (Å²) in [5.41, 5.74) is 0.906. The molecule has 1 aromatic carbocycles. The van der Waals surface area contributed by atoms with Gasteiger partial charge in [0.15, 0.2) is 0 Å². The number of benzene rings is 1. The number of esters is 1. The number of hydrogen-bond donors (Lipinski definition) is 5. The molecule has 2 aliphatic rings. The summed E-state index contributed by atoms with van der Waals surface area (Å²) in [6.45, 7) is 3.23. The molecule has 0 saturated heterocycles. The lowest BCUT2D eigenvalue weighted by Crippen LogP contribution is -2.42. The van der Waals surface area contributed by atoms with E-state index in [-0.39, 0.29) is 30.3 Å². The third-order valence-corrected chi connectivity index (χ3v) is 6.22. The first-order valence-electron chi connectivity index (χ1n) is 12.0. The summed E-state index contributed by atoms with van der Waals surface area (Å²) in [5, 5.41) is 32.2. The third-order valence-electron chi connectivity index (χ3n) is 6.22. The molecule has 6 atom stereocenters. The highest BCUT2D eigenvalue weighted by atomic mass is 16.5. The highest BCUT2D eigenvalue weighted by Crippen LogP contribution is 2.26. The van der Waals surface area contributed by atoms with Gasteiger partial charge in [0.25, 0.3) is 0 Å². The van der Waals surface area contributed by atoms with Gasteiger partial charge in [-0.1, -0.05) is 30.3 Å². The van der Waals surface area contributed by atoms with Gasteiger partial charge in [-0.15, -0.1) is 0 Å². The number of amides is 2. The zero-order valence-corrected chi connectivity index (χ0v) is 20.2. The van der Waals surface area contributed by atoms with Gasteiger partial charge in [0, 0.05) is 11.8 Å². The Hall–Kier alpha value is -2.98. The van der Waals surface area contributed by atoms with Crippen LogP contribution in [0.5, 0.6) is 0 Å². The Morgan fingerprint density at radius 1 is 0.857 bits per heavy atom. The lowest BCUT2D eigenvalue weighted by molar-refractivity contribution is -0.149. The van der Waals surface area contributed by atoms with E-state index in [1.165, 1.54) is 6.92 Å². The van der Waals surface area contributed by atoms with Gasteiger partial charge >= 0.3 is 11.9 Å². The Labute approximate surface area is 205 Å². The molecule has 0 aromatic heterocycles. The van der Waals surface area contributed by atoms with Gasteiger partial charge in [0.2, 0.25) is 11.8 Å². The van der Waals surface area contributed by atoms with Crippen molar-refractivity contribution in [3.8, 4) is 0 Å². The predicted octanol–water partition coefficient (Wildman–Crippen LogP) is 1.13. The number of aliphatic hydroxyl groups is 2. The van der Waals surface area contributed by atoms with Crippen molar-refractivity contribution in [2.24, 2.45) is 11.8 Å². The van der Waals surface area contributed by atoms with Gasteiger partial charge in [-0.25, -0.2) is 4.79 Å². The van der Waals surface area contributed by atoms with Crippen molar-refractivity contribution in [1.29, 1.82) is 0 Å². The number of carboxylic acids is 1. The molecule has 0 bridgehead atoms. The summed E-state index contributed by atoms with van der Waals surface area (Å²) in [7, 11) is 0. The molecule has 2 fully saturated rings. The first-order chi connectivity index (χ1) is 16.6. The summed E-state index contributed by atoms with van der Waals surface area (Å²) in [4.78, 5) is 45.7. The van der Waals surface area contributed by atoms with Crippen LogP contribution in [0.15, 0.2) is 30.3 Å². The second-order valence-electron chi connectivity index (χ2n) is 9.22. The molecule has 35 heavy (non-hydrogen) atoms. The van der Waals surface area contributed by atoms with Crippen molar-refractivity contribution in [3.63, 3.8) is 0 Å². The van der Waals surface area contributed by atoms with Crippen LogP contribution in [0.1, 0.15) is 57.9 Å². The molecule has 194 valence electrons. The van der Waals surface area contributed by atoms with E-state index in [0.29, 0.717) is 38.5 Å². The lowest BCUT2D eigenvalue weighted by Gasteiger charge is -2.16. The van der Waals surface area contributed by atoms with Crippen molar-refractivity contribution in [2.45, 2.75) is 83.3 Å². The molecule has 1 aromatic rings. The van der Waals surface area contributed by atoms with E-state index in [4.69, 9.17) is 9.84 Å². The smallest absolute Gasteiger partial charge is 0.328 e. The second kappa shape index (κ2) is 13.8. The van der Waals surface area contributed by atoms with Gasteiger partial charge in [0.05, 0.1) is 12.2 Å². The van der Waals surface area contributed by atoms with E-state index in [1.54, 1.807) is 6.92 Å². The molecule has 0 unspecified atom stereocenters. The number of carbonyl (C=O) groups excluding carboxylic acids is 3. The summed E-state index contributed by atoms with van der Waals surface area (Å²) < 4.78 is 5.17. The van der Waals surface area contributed by atoms with Gasteiger partial charge in [-0.3, -0.25) is 14.4 Å². The van der Waals surface area contributed by atoms with Gasteiger partial charge in [0.1, 0.15) is 18.7 Å². The first kappa shape index (κ1) is 28.3. The van der Waals surface area contributed by atoms with Gasteiger partial charge in [-0.05, 0) is 57.9 Å². The standard InChI is InChI=1S/C16H21NO4.C9H15NO4/c1-11(17-15(19)13-7-8-14(18)9-13)16(20)21-10-12-5-3-2-4-6-12;1-5(9(13)14)10-8(12)6-2-3-7(11)4-6/h2-6,11,13-14,18H,7-10H2,1H3,(H,17,19);5-7,11H,2-4H2,1H3,(H,10,12)(H,13,14)/t11-,13-,14+;5-,6-,7-/m11/s1. The lowest BCUT2D eigenvalue weighted by atomic mass is 10.1. The maximum Gasteiger partial charge on any atom is 0.328 e. The maximum absolute atomic E-state index is 11.9. The molecular weight excluding hydrogens is 456 g/mol. The topological polar surface area (TPSA) is 162 Å². The Morgan fingerprint density at radius 3 is 1.77 bits per heavy atom. The Morgan fingerprint density at radius 2 is 1.34 bits per heavy atom. The van der Waals surface area contributed by atoms with Crippen LogP contribution in [0, 0.1) is 11.8 Å². The molecule has 0 heterocycles. The number of nitrogens with one attached hydrogen (secondary N) is 2. The van der Waals surface area contributed by atoms with Crippen LogP contribution in [0.4, 0.5) is 0 Å². The fourth-order valence-electron chi connectivity index (χ4n) is 4.03. The Bertz CT molecular complexity index is 862. The van der Waals surface area contributed by atoms with E-state index in [2.05, 4.69) is 10.6 Å². The Kier molecular flexibility index (Phi) is 11.1. The number of aliphatic hydroxyl groups excluding tert-OH is 2. The zero-order chi connectivity index (χ0) is 26.0. The molecule has 0 aliphatic heterocycles. The molecule has 2 aliphatic carbocycles. The number of ether oxygens (including phenoxy) is 1. The van der Waals surface area contributed by atoms with Crippen molar-refractivity contribution < 1.29 is 39.2 Å². The molecule has 0 radical (unpaired) electrons. The minimum Gasteiger partial charge on any atom is -0.480 e. The zero-order valence-electron chi connectivity index (χ0n) is 20.2. The second-order valence-corrected chi connectivity index (χ2v) is 9.22. The van der Waals surface area contributed by atoms with Crippen LogP contribution in [-0.2, 0) is 30.5 Å². The van der Waals surface area contributed by atoms with Crippen LogP contribution < -0.4 is 10.6 Å². The summed E-state index contributed by atoms with van der Waals surface area (Å²) in [6, 6.07) is 7.84. The van der Waals surface area contributed by atoms with Crippen LogP contribution in [0.3, 0.4) is 0 Å². The third kappa shape index (κ3) is 9.65. The van der Waals surface area contributed by atoms with Gasteiger partial charge < -0.3 is 30.7 Å². The summed E-state index contributed by atoms with van der Waals surface area (Å²) in [6.07, 6.45) is 2.67. The minimum absolute atomic E-state index is 0.185. The summed E-state index contributed by atoms with van der Waals surface area (Å²) in [5.74, 6) is -2.38. The number of carbonyl (C=O) groups is 4. The number of aliphatic carboxylic acids is 1. The SMILES string of the molecule is C[C@@H](NC(=O)[C@@H]1CC[C@@H](O)C1)C(=O)O.C[C@@H](NC(=O)[C@@H]1CC[C@H](O)C1)C(=O)OCc1ccccc1. The molecule has 2 saturated carbocycles. The fraction of sp³-hybridized carbons (Fsp3) is 0.600. The number of carboxylic acid groups (broad SMARTS) is 1. The average molecular weight is 493 g/mol. The van der Waals surface area contributed by atoms with Gasteiger partial charge in [-0.2, -0.15) is 0 Å². The van der Waals surface area contributed by atoms with Crippen LogP contribution in [-0.4, -0.2) is 63.4 Å². The molecular formula is C25H36N2O8. The molecule has 2 amide bonds. The Balaban J connectivity index is 0.000000269. The van der Waals surface area contributed by atoms with Crippen molar-refractivity contribution >= 4 is 23.8 Å². The molecule has 10 heteroatoms. The van der Waals surface area contributed by atoms with Crippen LogP contribution in [0.25, 0.3) is 0 Å². The maximum atomic E-state index is 11.9. The van der Waals surface area contributed by atoms with Crippen LogP contribution in [0.2, 0.25) is 0 Å². The van der Waals surface area contributed by atoms with E-state index >= 15 is 0 Å². The van der Waals surface area contributed by atoms with E-state index in [0.717, 1.165) is 5.56 Å². The molecule has 3 rings (SSSR count). The van der Waals surface area contributed by atoms with E-state index in [9.17, 15) is 29.4 Å². The fourth-order valence-corrected chi connectivity index (χ4v) is 4.03. The molecule has 5 N–H and O–H groups in total. The quantitative estimate of drug-likeness (QED) is 0.337. The monoisotopic (exact) mass is 492 g/mol. The molecule has 0 spiro atoms. The normalized spacial score (nSPS) is 24.9. The van der Waals surface area contributed by atoms with Crippen molar-refractivity contribution in [2.75, 3.05) is 0 Å². The number of hydrogen-bond acceptors (Lipinski definition) is 7. The summed E-state index contributed by atoms with van der Waals surface area (Å²) >= 11 is 0. The van der Waals surface area contributed by atoms with Crippen LogP contribution >= 0.6 is 0 Å². The molecule has 10 nitrogen and oxygen atoms in total. The van der Waals surface area contributed by atoms with Crippen molar-refractivity contribution in [1.82, 2.24) is 10.6 Å². The number of rotatable bonds is 8. The largest absolute Gasteiger partial charge is 0.480 e. The van der Waals surface area contributed by atoms with E-state index in [1.807, 2.05) is 30.3 Å². The predicted molar refractivity (Wildman–Crippen MR) is 126 cm³/mol. The highest BCUT2D eigenvalue weighted by molar-refractivity contribution is 5.86. The minimum atomic E-state index is -1.04. The average Bonchev–Trinajstić information content (AvgIpc) is 3.46. The van der Waals surface area contributed by atoms with E-state index < -0.39 is 36.2 Å². The first-order valence-corrected chi connectivity index (χ1v) is 12.0. The van der Waals surface area contributed by atoms with Crippen molar-refractivity contribution in [3.05, 3.63) is 35.9 Å².